The Morgan fingerprint density at radius 2 is 1.89 bits per heavy atom. The largest absolute Gasteiger partial charge is 0.480 e. The maximum atomic E-state index is 11.8. The lowest BCUT2D eigenvalue weighted by atomic mass is 9.76. The van der Waals surface area contributed by atoms with E-state index in [4.69, 9.17) is 0 Å². The summed E-state index contributed by atoms with van der Waals surface area (Å²) < 4.78 is 28.4. The third kappa shape index (κ3) is 4.43. The van der Waals surface area contributed by atoms with Gasteiger partial charge in [0, 0.05) is 6.54 Å². The van der Waals surface area contributed by atoms with Crippen LogP contribution in [0.3, 0.4) is 0 Å². The van der Waals surface area contributed by atoms with Crippen LogP contribution in [0.25, 0.3) is 0 Å². The Morgan fingerprint density at radius 1 is 1.32 bits per heavy atom. The Bertz CT molecular complexity index is 400. The van der Waals surface area contributed by atoms with E-state index in [1.54, 1.807) is 0 Å². The summed E-state index contributed by atoms with van der Waals surface area (Å²) in [5, 5.41) is 9.38. The number of nitrogens with one attached hydrogen (secondary N) is 2. The summed E-state index contributed by atoms with van der Waals surface area (Å²) in [5.74, 6) is -0.579. The van der Waals surface area contributed by atoms with Crippen molar-refractivity contribution in [3.8, 4) is 0 Å². The number of rotatable bonds is 7. The fraction of sp³-hybridized carbons (Fsp3) is 0.917. The van der Waals surface area contributed by atoms with E-state index in [0.717, 1.165) is 19.3 Å². The highest BCUT2D eigenvalue weighted by atomic mass is 32.2. The maximum Gasteiger partial charge on any atom is 0.324 e. The molecule has 0 aromatic heterocycles. The molecular weight excluding hydrogens is 268 g/mol. The molecule has 1 aliphatic rings. The average molecular weight is 292 g/mol. The first-order chi connectivity index (χ1) is 8.85. The number of carboxylic acids is 1. The molecule has 0 heterocycles. The van der Waals surface area contributed by atoms with Crippen LogP contribution in [-0.2, 0) is 15.0 Å². The highest BCUT2D eigenvalue weighted by Crippen LogP contribution is 2.34. The molecule has 0 spiro atoms. The van der Waals surface area contributed by atoms with Crippen LogP contribution in [0.5, 0.6) is 0 Å². The highest BCUT2D eigenvalue weighted by Gasteiger charge is 2.44. The lowest BCUT2D eigenvalue weighted by Gasteiger charge is -2.36. The second kappa shape index (κ2) is 6.67. The van der Waals surface area contributed by atoms with Gasteiger partial charge in [-0.05, 0) is 38.0 Å². The van der Waals surface area contributed by atoms with E-state index < -0.39 is 21.7 Å². The lowest BCUT2D eigenvalue weighted by Crippen LogP contribution is -2.58. The van der Waals surface area contributed by atoms with Gasteiger partial charge in [0.2, 0.25) is 0 Å². The first kappa shape index (κ1) is 16.4. The van der Waals surface area contributed by atoms with E-state index in [1.807, 2.05) is 6.92 Å². The van der Waals surface area contributed by atoms with Gasteiger partial charge >= 0.3 is 5.97 Å². The Kier molecular flexibility index (Phi) is 5.76. The van der Waals surface area contributed by atoms with Crippen molar-refractivity contribution in [1.29, 1.82) is 0 Å². The van der Waals surface area contributed by atoms with Gasteiger partial charge in [-0.2, -0.15) is 13.1 Å². The molecule has 0 saturated heterocycles. The summed E-state index contributed by atoms with van der Waals surface area (Å²) >= 11 is 0. The first-order valence-electron chi connectivity index (χ1n) is 6.87. The topological polar surface area (TPSA) is 95.5 Å². The van der Waals surface area contributed by atoms with Gasteiger partial charge in [0.1, 0.15) is 5.54 Å². The van der Waals surface area contributed by atoms with Crippen LogP contribution in [0.1, 0.15) is 52.4 Å². The van der Waals surface area contributed by atoms with Crippen LogP contribution in [0.4, 0.5) is 0 Å². The molecule has 1 fully saturated rings. The van der Waals surface area contributed by atoms with Crippen molar-refractivity contribution < 1.29 is 18.3 Å². The molecule has 3 N–H and O–H groups in total. The molecule has 0 amide bonds. The zero-order valence-corrected chi connectivity index (χ0v) is 12.4. The molecule has 112 valence electrons. The monoisotopic (exact) mass is 292 g/mol. The molecule has 0 aliphatic heterocycles. The minimum Gasteiger partial charge on any atom is -0.480 e. The second-order valence-electron chi connectivity index (χ2n) is 5.24. The number of hydrogen-bond donors (Lipinski definition) is 3. The third-order valence-corrected chi connectivity index (χ3v) is 5.06. The van der Waals surface area contributed by atoms with Crippen LogP contribution < -0.4 is 9.44 Å². The summed E-state index contributed by atoms with van der Waals surface area (Å²) in [4.78, 5) is 11.5. The number of hydrogen-bond acceptors (Lipinski definition) is 3. The summed E-state index contributed by atoms with van der Waals surface area (Å²) in [6, 6.07) is 0. The van der Waals surface area contributed by atoms with Crippen molar-refractivity contribution in [2.75, 3.05) is 6.54 Å². The molecule has 6 nitrogen and oxygen atoms in total. The predicted octanol–water partition coefficient (Wildman–Crippen LogP) is 1.24. The minimum atomic E-state index is -3.75. The van der Waals surface area contributed by atoms with Crippen molar-refractivity contribution in [3.05, 3.63) is 0 Å². The Hall–Kier alpha value is -0.660. The summed E-state index contributed by atoms with van der Waals surface area (Å²) in [6.07, 6.45) is 3.88. The van der Waals surface area contributed by atoms with Crippen LogP contribution >= 0.6 is 0 Å². The van der Waals surface area contributed by atoms with E-state index >= 15 is 0 Å². The molecule has 1 aliphatic carbocycles. The number of carboxylic acid groups (broad SMARTS) is 1. The molecular formula is C12H24N2O4S. The van der Waals surface area contributed by atoms with Gasteiger partial charge in [0.25, 0.3) is 10.2 Å². The van der Waals surface area contributed by atoms with E-state index in [1.165, 1.54) is 0 Å². The Morgan fingerprint density at radius 3 is 2.32 bits per heavy atom. The number of carbonyl (C=O) groups is 1. The molecule has 0 aromatic carbocycles. The molecule has 1 rings (SSSR count). The third-order valence-electron chi connectivity index (χ3n) is 3.82. The molecule has 0 atom stereocenters. The summed E-state index contributed by atoms with van der Waals surface area (Å²) in [6.45, 7) is 4.23. The zero-order valence-electron chi connectivity index (χ0n) is 11.6. The molecule has 0 aromatic rings. The zero-order chi connectivity index (χ0) is 14.5. The average Bonchev–Trinajstić information content (AvgIpc) is 2.36. The molecule has 0 unspecified atom stereocenters. The van der Waals surface area contributed by atoms with Crippen molar-refractivity contribution in [2.45, 2.75) is 57.9 Å². The Balaban J connectivity index is 2.76. The quantitative estimate of drug-likeness (QED) is 0.658. The highest BCUT2D eigenvalue weighted by molar-refractivity contribution is 7.87. The van der Waals surface area contributed by atoms with Gasteiger partial charge < -0.3 is 5.11 Å². The normalized spacial score (nSPS) is 28.2. The van der Waals surface area contributed by atoms with Crippen molar-refractivity contribution in [3.63, 3.8) is 0 Å². The van der Waals surface area contributed by atoms with Crippen LogP contribution in [0.2, 0.25) is 0 Å². The second-order valence-corrected chi connectivity index (χ2v) is 6.74. The van der Waals surface area contributed by atoms with Gasteiger partial charge in [-0.25, -0.2) is 4.72 Å². The maximum absolute atomic E-state index is 11.8. The lowest BCUT2D eigenvalue weighted by molar-refractivity contribution is -0.145. The van der Waals surface area contributed by atoms with Gasteiger partial charge in [-0.15, -0.1) is 0 Å². The molecule has 7 heteroatoms. The molecule has 0 radical (unpaired) electrons. The Labute approximate surface area is 115 Å². The summed E-state index contributed by atoms with van der Waals surface area (Å²) in [5.41, 5.74) is -1.34. The van der Waals surface area contributed by atoms with Crippen LogP contribution in [0.15, 0.2) is 0 Å². The standard InChI is InChI=1S/C12H24N2O4S/c1-3-9-13-19(17,18)14-12(11(15)16)7-5-10(4-2)6-8-12/h10,13-14H,3-9H2,1-2H3,(H,15,16). The summed E-state index contributed by atoms with van der Waals surface area (Å²) in [7, 11) is -3.75. The van der Waals surface area contributed by atoms with Crippen molar-refractivity contribution >= 4 is 16.2 Å². The first-order valence-corrected chi connectivity index (χ1v) is 8.35. The van der Waals surface area contributed by atoms with E-state index in [9.17, 15) is 18.3 Å². The van der Waals surface area contributed by atoms with E-state index in [0.29, 0.717) is 31.7 Å². The smallest absolute Gasteiger partial charge is 0.324 e. The molecule has 19 heavy (non-hydrogen) atoms. The molecule has 0 bridgehead atoms. The van der Waals surface area contributed by atoms with Gasteiger partial charge in [0.15, 0.2) is 0 Å². The van der Waals surface area contributed by atoms with Crippen LogP contribution in [-0.4, -0.2) is 31.6 Å². The van der Waals surface area contributed by atoms with Crippen LogP contribution in [0, 0.1) is 5.92 Å². The fourth-order valence-electron chi connectivity index (χ4n) is 2.47. The van der Waals surface area contributed by atoms with Crippen molar-refractivity contribution in [2.24, 2.45) is 5.92 Å². The van der Waals surface area contributed by atoms with Gasteiger partial charge in [0.05, 0.1) is 0 Å². The fourth-order valence-corrected chi connectivity index (χ4v) is 3.82. The van der Waals surface area contributed by atoms with Gasteiger partial charge in [-0.3, -0.25) is 4.79 Å². The minimum absolute atomic E-state index is 0.308. The number of aliphatic carboxylic acids is 1. The predicted molar refractivity (Wildman–Crippen MR) is 73.0 cm³/mol. The van der Waals surface area contributed by atoms with E-state index in [2.05, 4.69) is 16.4 Å². The SMILES string of the molecule is CCCNS(=O)(=O)NC1(C(=O)O)CCC(CC)CC1. The van der Waals surface area contributed by atoms with Crippen molar-refractivity contribution in [1.82, 2.24) is 9.44 Å². The van der Waals surface area contributed by atoms with Gasteiger partial charge in [-0.1, -0.05) is 20.3 Å². The van der Waals surface area contributed by atoms with E-state index in [-0.39, 0.29) is 0 Å². The molecule has 1 saturated carbocycles.